The lowest BCUT2D eigenvalue weighted by Crippen LogP contribution is -2.27. The molecular formula is C16H14Br2F3NO2. The van der Waals surface area contributed by atoms with Gasteiger partial charge in [-0.05, 0) is 61.0 Å². The van der Waals surface area contributed by atoms with Crippen molar-refractivity contribution >= 4 is 38.0 Å². The summed E-state index contributed by atoms with van der Waals surface area (Å²) in [6.45, 7) is 5.13. The second-order valence-electron chi connectivity index (χ2n) is 6.09. The van der Waals surface area contributed by atoms with Crippen LogP contribution in [0, 0.1) is 0 Å². The number of benzene rings is 1. The predicted octanol–water partition coefficient (Wildman–Crippen LogP) is 6.48. The number of halogens is 5. The Morgan fingerprint density at radius 2 is 1.75 bits per heavy atom. The van der Waals surface area contributed by atoms with E-state index in [1.807, 2.05) is 0 Å². The highest BCUT2D eigenvalue weighted by atomic mass is 79.9. The highest BCUT2D eigenvalue weighted by molar-refractivity contribution is 9.10. The molecule has 8 heteroatoms. The summed E-state index contributed by atoms with van der Waals surface area (Å²) < 4.78 is 46.4. The third-order valence-corrected chi connectivity index (χ3v) is 4.07. The van der Waals surface area contributed by atoms with Crippen LogP contribution < -0.4 is 0 Å². The van der Waals surface area contributed by atoms with E-state index in [1.54, 1.807) is 26.8 Å². The number of hydrogen-bond acceptors (Lipinski definition) is 2. The van der Waals surface area contributed by atoms with Crippen molar-refractivity contribution in [1.29, 1.82) is 0 Å². The van der Waals surface area contributed by atoms with Gasteiger partial charge in [0.2, 0.25) is 0 Å². The minimum atomic E-state index is -4.48. The molecule has 1 aromatic carbocycles. The van der Waals surface area contributed by atoms with Gasteiger partial charge in [-0.15, -0.1) is 0 Å². The molecular weight excluding hydrogens is 455 g/mol. The number of alkyl halides is 3. The van der Waals surface area contributed by atoms with Crippen LogP contribution >= 0.6 is 31.9 Å². The van der Waals surface area contributed by atoms with Gasteiger partial charge in [0, 0.05) is 20.7 Å². The minimum absolute atomic E-state index is 0.237. The van der Waals surface area contributed by atoms with Crippen molar-refractivity contribution in [2.45, 2.75) is 32.5 Å². The van der Waals surface area contributed by atoms with Crippen molar-refractivity contribution in [3.63, 3.8) is 0 Å². The van der Waals surface area contributed by atoms with Crippen molar-refractivity contribution in [2.24, 2.45) is 0 Å². The molecule has 0 aliphatic carbocycles. The third kappa shape index (κ3) is 4.42. The fourth-order valence-electron chi connectivity index (χ4n) is 2.00. The lowest BCUT2D eigenvalue weighted by atomic mass is 10.1. The maximum Gasteiger partial charge on any atom is 0.419 e. The number of carbonyl (C=O) groups excluding carboxylic acids is 1. The first-order valence-corrected chi connectivity index (χ1v) is 8.45. The highest BCUT2D eigenvalue weighted by Crippen LogP contribution is 2.37. The van der Waals surface area contributed by atoms with Crippen molar-refractivity contribution < 1.29 is 22.7 Å². The summed E-state index contributed by atoms with van der Waals surface area (Å²) in [5.74, 6) is 0. The molecule has 0 amide bonds. The molecule has 0 saturated heterocycles. The van der Waals surface area contributed by atoms with Gasteiger partial charge in [0.15, 0.2) is 0 Å². The summed E-state index contributed by atoms with van der Waals surface area (Å²) in [7, 11) is 0. The summed E-state index contributed by atoms with van der Waals surface area (Å²) in [6, 6.07) is 4.83. The second kappa shape index (κ2) is 6.55. The number of hydrogen-bond donors (Lipinski definition) is 0. The average molecular weight is 469 g/mol. The van der Waals surface area contributed by atoms with Crippen molar-refractivity contribution in [3.05, 3.63) is 45.0 Å². The standard InChI is InChI=1S/C16H14Br2F3NO2/c1-15(2,3)24-14(23)22-8-10(17)7-13(22)11-6-9(16(19,20)21)4-5-12(11)18/h4-8H,1-3H3. The zero-order valence-electron chi connectivity index (χ0n) is 13.0. The molecule has 0 spiro atoms. The van der Waals surface area contributed by atoms with E-state index < -0.39 is 23.4 Å². The Morgan fingerprint density at radius 1 is 1.12 bits per heavy atom. The molecule has 0 N–H and O–H groups in total. The number of carbonyl (C=O) groups is 1. The number of aromatic nitrogens is 1. The van der Waals surface area contributed by atoms with Crippen LogP contribution in [0.5, 0.6) is 0 Å². The summed E-state index contributed by atoms with van der Waals surface area (Å²) >= 11 is 6.48. The molecule has 0 atom stereocenters. The van der Waals surface area contributed by atoms with E-state index in [1.165, 1.54) is 16.8 Å². The molecule has 0 aliphatic heterocycles. The number of nitrogens with zero attached hydrogens (tertiary/aromatic N) is 1. The monoisotopic (exact) mass is 467 g/mol. The van der Waals surface area contributed by atoms with Gasteiger partial charge in [0.05, 0.1) is 11.3 Å². The lowest BCUT2D eigenvalue weighted by Gasteiger charge is -2.20. The SMILES string of the molecule is CC(C)(C)OC(=O)n1cc(Br)cc1-c1cc(C(F)(F)F)ccc1Br. The maximum absolute atomic E-state index is 13.0. The Bertz CT molecular complexity index is 777. The molecule has 0 saturated carbocycles. The van der Waals surface area contributed by atoms with Gasteiger partial charge in [-0.3, -0.25) is 4.57 Å². The Balaban J connectivity index is 2.56. The van der Waals surface area contributed by atoms with Crippen LogP contribution in [0.1, 0.15) is 26.3 Å². The van der Waals surface area contributed by atoms with Gasteiger partial charge in [0.25, 0.3) is 0 Å². The Labute approximate surface area is 154 Å². The van der Waals surface area contributed by atoms with E-state index in [9.17, 15) is 18.0 Å². The van der Waals surface area contributed by atoms with E-state index in [2.05, 4.69) is 31.9 Å². The zero-order valence-corrected chi connectivity index (χ0v) is 16.2. The largest absolute Gasteiger partial charge is 0.443 e. The number of rotatable bonds is 1. The molecule has 1 aromatic heterocycles. The lowest BCUT2D eigenvalue weighted by molar-refractivity contribution is -0.137. The molecule has 2 rings (SSSR count). The maximum atomic E-state index is 13.0. The first-order chi connectivity index (χ1) is 10.9. The molecule has 0 bridgehead atoms. The molecule has 0 aliphatic rings. The van der Waals surface area contributed by atoms with Crippen molar-refractivity contribution in [3.8, 4) is 11.3 Å². The fourth-order valence-corrected chi connectivity index (χ4v) is 2.87. The molecule has 2 aromatic rings. The van der Waals surface area contributed by atoms with Crippen molar-refractivity contribution in [2.75, 3.05) is 0 Å². The topological polar surface area (TPSA) is 31.2 Å². The quantitative estimate of drug-likeness (QED) is 0.479. The van der Waals surface area contributed by atoms with Gasteiger partial charge in [-0.2, -0.15) is 13.2 Å². The third-order valence-electron chi connectivity index (χ3n) is 2.95. The average Bonchev–Trinajstić information content (AvgIpc) is 2.78. The molecule has 130 valence electrons. The van der Waals surface area contributed by atoms with Crippen LogP contribution in [0.4, 0.5) is 18.0 Å². The Morgan fingerprint density at radius 3 is 2.29 bits per heavy atom. The Kier molecular flexibility index (Phi) is 5.20. The first kappa shape index (κ1) is 19.1. The smallest absolute Gasteiger partial charge is 0.419 e. The number of ether oxygens (including phenoxy) is 1. The highest BCUT2D eigenvalue weighted by Gasteiger charge is 2.31. The summed E-state index contributed by atoms with van der Waals surface area (Å²) in [5, 5.41) is 0. The molecule has 0 radical (unpaired) electrons. The fraction of sp³-hybridized carbons (Fsp3) is 0.312. The minimum Gasteiger partial charge on any atom is -0.443 e. The molecule has 0 unspecified atom stereocenters. The molecule has 24 heavy (non-hydrogen) atoms. The van der Waals surface area contributed by atoms with Crippen molar-refractivity contribution in [1.82, 2.24) is 4.57 Å². The molecule has 0 fully saturated rings. The second-order valence-corrected chi connectivity index (χ2v) is 7.86. The van der Waals surface area contributed by atoms with Gasteiger partial charge >= 0.3 is 12.3 Å². The van der Waals surface area contributed by atoms with Crippen LogP contribution in [-0.4, -0.2) is 16.3 Å². The van der Waals surface area contributed by atoms with E-state index in [0.717, 1.165) is 12.1 Å². The first-order valence-electron chi connectivity index (χ1n) is 6.87. The van der Waals surface area contributed by atoms with E-state index in [0.29, 0.717) is 8.95 Å². The van der Waals surface area contributed by atoms with Gasteiger partial charge in [-0.25, -0.2) is 4.79 Å². The van der Waals surface area contributed by atoms with Crippen LogP contribution in [0.3, 0.4) is 0 Å². The normalized spacial score (nSPS) is 12.3. The van der Waals surface area contributed by atoms with Crippen LogP contribution in [0.15, 0.2) is 39.4 Å². The van der Waals surface area contributed by atoms with E-state index in [4.69, 9.17) is 4.74 Å². The molecule has 3 nitrogen and oxygen atoms in total. The van der Waals surface area contributed by atoms with E-state index in [-0.39, 0.29) is 11.3 Å². The van der Waals surface area contributed by atoms with Crippen LogP contribution in [0.25, 0.3) is 11.3 Å². The summed E-state index contributed by atoms with van der Waals surface area (Å²) in [4.78, 5) is 12.3. The van der Waals surface area contributed by atoms with Crippen LogP contribution in [0.2, 0.25) is 0 Å². The van der Waals surface area contributed by atoms with E-state index >= 15 is 0 Å². The summed E-state index contributed by atoms with van der Waals surface area (Å²) in [5.41, 5.74) is -1.000. The van der Waals surface area contributed by atoms with Crippen LogP contribution in [-0.2, 0) is 10.9 Å². The summed E-state index contributed by atoms with van der Waals surface area (Å²) in [6.07, 6.45) is -3.70. The Hall–Kier alpha value is -1.28. The van der Waals surface area contributed by atoms with Gasteiger partial charge < -0.3 is 4.74 Å². The van der Waals surface area contributed by atoms with Gasteiger partial charge in [0.1, 0.15) is 5.60 Å². The molecule has 1 heterocycles. The van der Waals surface area contributed by atoms with Gasteiger partial charge in [-0.1, -0.05) is 15.9 Å². The zero-order chi connectivity index (χ0) is 18.3. The predicted molar refractivity (Wildman–Crippen MR) is 91.9 cm³/mol.